The average Bonchev–Trinajstić information content (AvgIpc) is 3.01. The monoisotopic (exact) mass is 414 g/mol. The van der Waals surface area contributed by atoms with Crippen molar-refractivity contribution < 1.29 is 13.9 Å². The van der Waals surface area contributed by atoms with Crippen molar-refractivity contribution in [3.63, 3.8) is 0 Å². The molecule has 4 nitrogen and oxygen atoms in total. The van der Waals surface area contributed by atoms with Crippen molar-refractivity contribution in [1.29, 1.82) is 0 Å². The quantitative estimate of drug-likeness (QED) is 0.535. The average molecular weight is 415 g/mol. The summed E-state index contributed by atoms with van der Waals surface area (Å²) in [6.45, 7) is 5.23. The number of esters is 1. The van der Waals surface area contributed by atoms with Crippen LogP contribution in [0.5, 0.6) is 0 Å². The number of nitrogens with zero attached hydrogens (tertiary/aromatic N) is 2. The van der Waals surface area contributed by atoms with Gasteiger partial charge in [-0.05, 0) is 48.4 Å². The summed E-state index contributed by atoms with van der Waals surface area (Å²) in [5, 5.41) is 1.67. The topological polar surface area (TPSA) is 34.5 Å². The van der Waals surface area contributed by atoms with Crippen LogP contribution in [0.2, 0.25) is 5.02 Å². The van der Waals surface area contributed by atoms with Crippen LogP contribution >= 0.6 is 11.6 Å². The van der Waals surface area contributed by atoms with Crippen molar-refractivity contribution >= 4 is 28.5 Å². The van der Waals surface area contributed by atoms with Crippen LogP contribution in [0.3, 0.4) is 0 Å². The summed E-state index contributed by atoms with van der Waals surface area (Å²) >= 11 is 5.99. The molecule has 1 aromatic heterocycles. The second-order valence-electron chi connectivity index (χ2n) is 7.38. The zero-order valence-corrected chi connectivity index (χ0v) is 17.2. The fraction of sp³-hybridized carbons (Fsp3) is 0.348. The molecule has 6 heteroatoms. The lowest BCUT2D eigenvalue weighted by molar-refractivity contribution is -0.143. The molecule has 29 heavy (non-hydrogen) atoms. The zero-order chi connectivity index (χ0) is 20.4. The number of ether oxygens (including phenoxy) is 1. The molecule has 0 N–H and O–H groups in total. The highest BCUT2D eigenvalue weighted by Crippen LogP contribution is 2.32. The van der Waals surface area contributed by atoms with Gasteiger partial charge >= 0.3 is 5.97 Å². The molecule has 4 rings (SSSR count). The zero-order valence-electron chi connectivity index (χ0n) is 16.5. The summed E-state index contributed by atoms with van der Waals surface area (Å²) in [4.78, 5) is 14.2. The van der Waals surface area contributed by atoms with E-state index in [9.17, 15) is 9.18 Å². The maximum Gasteiger partial charge on any atom is 0.307 e. The molecule has 0 bridgehead atoms. The maximum atomic E-state index is 14.0. The number of halogens is 2. The van der Waals surface area contributed by atoms with E-state index in [1.54, 1.807) is 6.07 Å². The predicted octanol–water partition coefficient (Wildman–Crippen LogP) is 4.95. The lowest BCUT2D eigenvalue weighted by atomic mass is 10.0. The number of fused-ring (bicyclic) bond motifs is 3. The first-order valence-electron chi connectivity index (χ1n) is 9.97. The van der Waals surface area contributed by atoms with Crippen LogP contribution in [0.1, 0.15) is 30.2 Å². The van der Waals surface area contributed by atoms with Crippen molar-refractivity contribution in [3.8, 4) is 0 Å². The Morgan fingerprint density at radius 2 is 2.00 bits per heavy atom. The number of carbonyl (C=O) groups is 1. The van der Waals surface area contributed by atoms with Gasteiger partial charge in [-0.2, -0.15) is 0 Å². The first kappa shape index (κ1) is 19.9. The minimum Gasteiger partial charge on any atom is -0.466 e. The molecule has 1 aliphatic rings. The first-order valence-corrected chi connectivity index (χ1v) is 10.3. The summed E-state index contributed by atoms with van der Waals surface area (Å²) in [6, 6.07) is 12.8. The van der Waals surface area contributed by atoms with Crippen molar-refractivity contribution in [3.05, 3.63) is 70.1 Å². The molecule has 1 aliphatic heterocycles. The van der Waals surface area contributed by atoms with Crippen molar-refractivity contribution in [2.24, 2.45) is 0 Å². The summed E-state index contributed by atoms with van der Waals surface area (Å²) in [7, 11) is 0. The number of hydrogen-bond donors (Lipinski definition) is 0. The summed E-state index contributed by atoms with van der Waals surface area (Å²) in [5.74, 6) is -0.442. The molecule has 0 aliphatic carbocycles. The lowest BCUT2D eigenvalue weighted by Gasteiger charge is -2.28. The first-order chi connectivity index (χ1) is 14.0. The van der Waals surface area contributed by atoms with E-state index < -0.39 is 0 Å². The second-order valence-corrected chi connectivity index (χ2v) is 7.82. The Bertz CT molecular complexity index is 1030. The molecule has 2 aromatic carbocycles. The molecule has 152 valence electrons. The van der Waals surface area contributed by atoms with Gasteiger partial charge in [-0.15, -0.1) is 0 Å². The Labute approximate surface area is 174 Å². The third kappa shape index (κ3) is 4.31. The summed E-state index contributed by atoms with van der Waals surface area (Å²) in [6.07, 6.45) is 1.18. The lowest BCUT2D eigenvalue weighted by Crippen LogP contribution is -2.30. The maximum absolute atomic E-state index is 14.0. The number of carbonyl (C=O) groups excluding carboxylic acids is 1. The van der Waals surface area contributed by atoms with E-state index in [1.165, 1.54) is 17.3 Å². The molecule has 0 saturated carbocycles. The van der Waals surface area contributed by atoms with Gasteiger partial charge in [0.15, 0.2) is 0 Å². The van der Waals surface area contributed by atoms with E-state index >= 15 is 0 Å². The third-order valence-corrected chi connectivity index (χ3v) is 5.71. The molecular formula is C23H24ClFN2O2. The van der Waals surface area contributed by atoms with Crippen LogP contribution in [0.4, 0.5) is 4.39 Å². The summed E-state index contributed by atoms with van der Waals surface area (Å²) in [5.41, 5.74) is 4.54. The minimum atomic E-state index is -0.238. The van der Waals surface area contributed by atoms with Crippen LogP contribution in [0, 0.1) is 5.82 Å². The highest BCUT2D eigenvalue weighted by Gasteiger charge is 2.24. The van der Waals surface area contributed by atoms with Crippen LogP contribution in [-0.4, -0.2) is 28.6 Å². The van der Waals surface area contributed by atoms with Crippen LogP contribution in [0.15, 0.2) is 42.5 Å². The predicted molar refractivity (Wildman–Crippen MR) is 112 cm³/mol. The molecule has 0 radical (unpaired) electrons. The van der Waals surface area contributed by atoms with Gasteiger partial charge in [0.25, 0.3) is 0 Å². The molecule has 0 atom stereocenters. The number of aromatic nitrogens is 1. The van der Waals surface area contributed by atoms with Gasteiger partial charge in [0.1, 0.15) is 5.82 Å². The van der Waals surface area contributed by atoms with Crippen LogP contribution in [0.25, 0.3) is 10.9 Å². The second kappa shape index (κ2) is 8.56. The molecule has 2 heterocycles. The van der Waals surface area contributed by atoms with E-state index in [4.69, 9.17) is 16.3 Å². The standard InChI is InChI=1S/C23H24ClFN2O2/c1-2-29-23(28)10-12-27-21-8-7-18(25)13-19(21)20-15-26(11-9-22(20)27)14-16-3-5-17(24)6-4-16/h3-8,13H,2,9-12,14-15H2,1H3. The smallest absolute Gasteiger partial charge is 0.307 e. The van der Waals surface area contributed by atoms with Gasteiger partial charge in [0.2, 0.25) is 0 Å². The van der Waals surface area contributed by atoms with E-state index in [1.807, 2.05) is 37.3 Å². The number of hydrogen-bond acceptors (Lipinski definition) is 3. The molecular weight excluding hydrogens is 391 g/mol. The van der Waals surface area contributed by atoms with Gasteiger partial charge < -0.3 is 9.30 Å². The third-order valence-electron chi connectivity index (χ3n) is 5.46. The van der Waals surface area contributed by atoms with Crippen molar-refractivity contribution in [2.75, 3.05) is 13.2 Å². The molecule has 0 fully saturated rings. The van der Waals surface area contributed by atoms with Crippen LogP contribution < -0.4 is 0 Å². The molecule has 0 amide bonds. The van der Waals surface area contributed by atoms with Gasteiger partial charge in [0.05, 0.1) is 13.0 Å². The van der Waals surface area contributed by atoms with Gasteiger partial charge in [0, 0.05) is 54.2 Å². The molecule has 0 saturated heterocycles. The molecule has 0 unspecified atom stereocenters. The summed E-state index contributed by atoms with van der Waals surface area (Å²) < 4.78 is 21.2. The van der Waals surface area contributed by atoms with E-state index in [2.05, 4.69) is 9.47 Å². The molecule has 3 aromatic rings. The highest BCUT2D eigenvalue weighted by atomic mass is 35.5. The normalized spacial score (nSPS) is 14.2. The Kier molecular flexibility index (Phi) is 5.88. The van der Waals surface area contributed by atoms with Crippen LogP contribution in [-0.2, 0) is 35.6 Å². The van der Waals surface area contributed by atoms with Crippen molar-refractivity contribution in [1.82, 2.24) is 9.47 Å². The van der Waals surface area contributed by atoms with E-state index in [0.717, 1.165) is 47.5 Å². The van der Waals surface area contributed by atoms with E-state index in [-0.39, 0.29) is 11.8 Å². The Hall–Kier alpha value is -2.37. The number of rotatable bonds is 6. The largest absolute Gasteiger partial charge is 0.466 e. The van der Waals surface area contributed by atoms with Gasteiger partial charge in [-0.3, -0.25) is 9.69 Å². The Morgan fingerprint density at radius 1 is 1.21 bits per heavy atom. The Morgan fingerprint density at radius 3 is 2.76 bits per heavy atom. The fourth-order valence-corrected chi connectivity index (χ4v) is 4.28. The SMILES string of the molecule is CCOC(=O)CCn1c2c(c3cc(F)ccc31)CN(Cc1ccc(Cl)cc1)CC2. The van der Waals surface area contributed by atoms with Gasteiger partial charge in [-0.1, -0.05) is 23.7 Å². The van der Waals surface area contributed by atoms with E-state index in [0.29, 0.717) is 19.6 Å². The molecule has 0 spiro atoms. The Balaban J connectivity index is 1.61. The number of aryl methyl sites for hydroxylation is 1. The fourth-order valence-electron chi connectivity index (χ4n) is 4.15. The van der Waals surface area contributed by atoms with Crippen molar-refractivity contribution in [2.45, 2.75) is 39.4 Å². The van der Waals surface area contributed by atoms with Gasteiger partial charge in [-0.25, -0.2) is 4.39 Å². The highest BCUT2D eigenvalue weighted by molar-refractivity contribution is 6.30. The minimum absolute atomic E-state index is 0.203. The number of benzene rings is 2.